The summed E-state index contributed by atoms with van der Waals surface area (Å²) in [6.45, 7) is 1.80. The lowest BCUT2D eigenvalue weighted by Gasteiger charge is -2.14. The van der Waals surface area contributed by atoms with Crippen LogP contribution in [0.3, 0.4) is 0 Å². The maximum absolute atomic E-state index is 12.4. The lowest BCUT2D eigenvalue weighted by molar-refractivity contribution is -0.113. The summed E-state index contributed by atoms with van der Waals surface area (Å²) in [5.74, 6) is 0.00324. The highest BCUT2D eigenvalue weighted by molar-refractivity contribution is 7.99. The molecular weight excluding hydrogens is 516 g/mol. The Morgan fingerprint density at radius 1 is 1.03 bits per heavy atom. The molecule has 0 fully saturated rings. The predicted octanol–water partition coefficient (Wildman–Crippen LogP) is 5.65. The maximum atomic E-state index is 12.4. The number of halogens is 4. The van der Waals surface area contributed by atoms with Gasteiger partial charge in [-0.25, -0.2) is 0 Å². The van der Waals surface area contributed by atoms with Crippen LogP contribution in [0.4, 0.5) is 5.69 Å². The quantitative estimate of drug-likeness (QED) is 0.384. The van der Waals surface area contributed by atoms with Crippen molar-refractivity contribution >= 4 is 75.7 Å². The monoisotopic (exact) mass is 531 g/mol. The van der Waals surface area contributed by atoms with Gasteiger partial charge in [0.15, 0.2) is 11.0 Å². The third kappa shape index (κ3) is 6.08. The standard InChI is InChI=1S/C20H17Cl4N5O2S/c1-10(25-19(31)11-3-5-12(21)6-4-11)18-27-28-20(29(18)2)32-9-16(30)26-17-14(23)7-13(22)8-15(17)24/h3-8,10H,9H2,1-2H3,(H,25,31)(H,26,30)/t10-/m1/s1. The summed E-state index contributed by atoms with van der Waals surface area (Å²) in [5, 5.41) is 15.7. The van der Waals surface area contributed by atoms with Gasteiger partial charge in [0.05, 0.1) is 27.5 Å². The Hall–Kier alpha value is -1.97. The number of hydrogen-bond acceptors (Lipinski definition) is 5. The summed E-state index contributed by atoms with van der Waals surface area (Å²) in [5.41, 5.74) is 0.773. The number of aromatic nitrogens is 3. The van der Waals surface area contributed by atoms with E-state index in [4.69, 9.17) is 46.4 Å². The normalized spacial score (nSPS) is 11.8. The van der Waals surface area contributed by atoms with Gasteiger partial charge in [0, 0.05) is 22.7 Å². The zero-order chi connectivity index (χ0) is 23.4. The minimum atomic E-state index is -0.412. The van der Waals surface area contributed by atoms with E-state index >= 15 is 0 Å². The Morgan fingerprint density at radius 2 is 1.66 bits per heavy atom. The molecular formula is C20H17Cl4N5O2S. The van der Waals surface area contributed by atoms with Gasteiger partial charge in [-0.2, -0.15) is 0 Å². The first-order chi connectivity index (χ1) is 15.2. The van der Waals surface area contributed by atoms with Crippen molar-refractivity contribution in [3.05, 3.63) is 67.9 Å². The van der Waals surface area contributed by atoms with Crippen molar-refractivity contribution in [2.45, 2.75) is 18.1 Å². The molecule has 1 aromatic heterocycles. The van der Waals surface area contributed by atoms with Gasteiger partial charge in [-0.1, -0.05) is 58.2 Å². The average Bonchev–Trinajstić information content (AvgIpc) is 3.10. The molecule has 0 aliphatic carbocycles. The number of rotatable bonds is 7. The van der Waals surface area contributed by atoms with Crippen LogP contribution in [0.1, 0.15) is 29.1 Å². The van der Waals surface area contributed by atoms with Crippen molar-refractivity contribution < 1.29 is 9.59 Å². The van der Waals surface area contributed by atoms with E-state index < -0.39 is 6.04 Å². The summed E-state index contributed by atoms with van der Waals surface area (Å²) in [4.78, 5) is 24.8. The molecule has 3 aromatic rings. The van der Waals surface area contributed by atoms with E-state index in [1.165, 1.54) is 23.9 Å². The molecule has 1 heterocycles. The van der Waals surface area contributed by atoms with Gasteiger partial charge < -0.3 is 15.2 Å². The summed E-state index contributed by atoms with van der Waals surface area (Å²) >= 11 is 25.1. The first kappa shape index (κ1) is 24.7. The third-order valence-corrected chi connectivity index (χ3v) is 6.40. The van der Waals surface area contributed by atoms with Crippen LogP contribution in [0.5, 0.6) is 0 Å². The SMILES string of the molecule is C[C@@H](NC(=O)c1ccc(Cl)cc1)c1nnc(SCC(=O)Nc2c(Cl)cc(Cl)cc2Cl)n1C. The molecule has 0 saturated carbocycles. The van der Waals surface area contributed by atoms with Gasteiger partial charge in [0.1, 0.15) is 0 Å². The molecule has 1 atom stereocenters. The van der Waals surface area contributed by atoms with Crippen molar-refractivity contribution in [3.63, 3.8) is 0 Å². The minimum Gasteiger partial charge on any atom is -0.342 e. The Balaban J connectivity index is 1.60. The van der Waals surface area contributed by atoms with E-state index in [9.17, 15) is 9.59 Å². The predicted molar refractivity (Wildman–Crippen MR) is 129 cm³/mol. The number of anilines is 1. The number of nitrogens with zero attached hydrogens (tertiary/aromatic N) is 3. The summed E-state index contributed by atoms with van der Waals surface area (Å²) in [6, 6.07) is 9.14. The molecule has 0 radical (unpaired) electrons. The van der Waals surface area contributed by atoms with Gasteiger partial charge >= 0.3 is 0 Å². The summed E-state index contributed by atoms with van der Waals surface area (Å²) in [6.07, 6.45) is 0. The molecule has 0 saturated heterocycles. The van der Waals surface area contributed by atoms with E-state index in [2.05, 4.69) is 20.8 Å². The van der Waals surface area contributed by atoms with E-state index in [1.54, 1.807) is 42.8 Å². The highest BCUT2D eigenvalue weighted by atomic mass is 35.5. The van der Waals surface area contributed by atoms with E-state index in [1.807, 2.05) is 0 Å². The van der Waals surface area contributed by atoms with E-state index in [0.29, 0.717) is 32.3 Å². The van der Waals surface area contributed by atoms with E-state index in [-0.39, 0.29) is 27.6 Å². The molecule has 3 rings (SSSR count). The number of carbonyl (C=O) groups is 2. The fraction of sp³-hybridized carbons (Fsp3) is 0.200. The Labute approximate surface area is 208 Å². The first-order valence-electron chi connectivity index (χ1n) is 9.18. The van der Waals surface area contributed by atoms with Gasteiger partial charge in [-0.15, -0.1) is 10.2 Å². The van der Waals surface area contributed by atoms with Gasteiger partial charge in [-0.05, 0) is 43.3 Å². The molecule has 0 unspecified atom stereocenters. The molecule has 12 heteroatoms. The van der Waals surface area contributed by atoms with Crippen LogP contribution in [0.15, 0.2) is 41.6 Å². The maximum Gasteiger partial charge on any atom is 0.251 e. The van der Waals surface area contributed by atoms with Crippen molar-refractivity contribution in [2.24, 2.45) is 7.05 Å². The molecule has 168 valence electrons. The highest BCUT2D eigenvalue weighted by Gasteiger charge is 2.19. The molecule has 32 heavy (non-hydrogen) atoms. The van der Waals surface area contributed by atoms with Crippen molar-refractivity contribution in [1.29, 1.82) is 0 Å². The van der Waals surface area contributed by atoms with E-state index in [0.717, 1.165) is 0 Å². The van der Waals surface area contributed by atoms with Crippen molar-refractivity contribution in [3.8, 4) is 0 Å². The van der Waals surface area contributed by atoms with Gasteiger partial charge in [0.25, 0.3) is 5.91 Å². The molecule has 2 N–H and O–H groups in total. The molecule has 7 nitrogen and oxygen atoms in total. The lowest BCUT2D eigenvalue weighted by atomic mass is 10.2. The summed E-state index contributed by atoms with van der Waals surface area (Å²) in [7, 11) is 1.76. The van der Waals surface area contributed by atoms with Gasteiger partial charge in [0.2, 0.25) is 5.91 Å². The second kappa shape index (κ2) is 10.8. The smallest absolute Gasteiger partial charge is 0.251 e. The lowest BCUT2D eigenvalue weighted by Crippen LogP contribution is -2.28. The highest BCUT2D eigenvalue weighted by Crippen LogP contribution is 2.33. The Kier molecular flexibility index (Phi) is 8.30. The van der Waals surface area contributed by atoms with Crippen LogP contribution in [-0.2, 0) is 11.8 Å². The number of carbonyl (C=O) groups excluding carboxylic acids is 2. The largest absolute Gasteiger partial charge is 0.342 e. The first-order valence-corrected chi connectivity index (χ1v) is 11.7. The Bertz CT molecular complexity index is 1130. The fourth-order valence-corrected chi connectivity index (χ4v) is 4.50. The van der Waals surface area contributed by atoms with Crippen LogP contribution in [0.25, 0.3) is 0 Å². The minimum absolute atomic E-state index is 0.0484. The second-order valence-electron chi connectivity index (χ2n) is 6.68. The number of nitrogens with one attached hydrogen (secondary N) is 2. The van der Waals surface area contributed by atoms with Crippen molar-refractivity contribution in [2.75, 3.05) is 11.1 Å². The summed E-state index contributed by atoms with van der Waals surface area (Å²) < 4.78 is 1.72. The molecule has 2 aromatic carbocycles. The topological polar surface area (TPSA) is 88.9 Å². The second-order valence-corrected chi connectivity index (χ2v) is 9.31. The zero-order valence-electron chi connectivity index (χ0n) is 16.8. The fourth-order valence-electron chi connectivity index (χ4n) is 2.74. The third-order valence-electron chi connectivity index (χ3n) is 4.31. The van der Waals surface area contributed by atoms with Crippen LogP contribution >= 0.6 is 58.2 Å². The number of thioether (sulfide) groups is 1. The number of hydrogen-bond donors (Lipinski definition) is 2. The molecule has 0 bridgehead atoms. The number of amides is 2. The molecule has 0 aliphatic heterocycles. The molecule has 0 spiro atoms. The Morgan fingerprint density at radius 3 is 2.28 bits per heavy atom. The van der Waals surface area contributed by atoms with Crippen LogP contribution < -0.4 is 10.6 Å². The molecule has 0 aliphatic rings. The average molecular weight is 533 g/mol. The zero-order valence-corrected chi connectivity index (χ0v) is 20.7. The van der Waals surface area contributed by atoms with Crippen molar-refractivity contribution in [1.82, 2.24) is 20.1 Å². The van der Waals surface area contributed by atoms with Crippen LogP contribution in [0, 0.1) is 0 Å². The van der Waals surface area contributed by atoms with Gasteiger partial charge in [-0.3, -0.25) is 9.59 Å². The van der Waals surface area contributed by atoms with Crippen LogP contribution in [0.2, 0.25) is 20.1 Å². The molecule has 2 amide bonds. The van der Waals surface area contributed by atoms with Crippen LogP contribution in [-0.4, -0.2) is 32.3 Å². The number of benzene rings is 2.